The minimum absolute atomic E-state index is 0.0318. The highest BCUT2D eigenvalue weighted by Crippen LogP contribution is 2.15. The minimum atomic E-state index is -0.0318. The van der Waals surface area contributed by atoms with Crippen molar-refractivity contribution in [1.29, 1.82) is 0 Å². The Morgan fingerprint density at radius 1 is 1.29 bits per heavy atom. The maximum Gasteiger partial charge on any atom is 0.0449 e. The molecule has 0 fully saturated rings. The molecule has 0 bridgehead atoms. The molecule has 0 saturated carbocycles. The first-order chi connectivity index (χ1) is 6.77. The van der Waals surface area contributed by atoms with Gasteiger partial charge in [-0.1, -0.05) is 37.6 Å². The molecule has 1 atom stereocenters. The van der Waals surface area contributed by atoms with Crippen molar-refractivity contribution < 1.29 is 5.11 Å². The molecular weight excluding hydrogens is 174 g/mol. The maximum atomic E-state index is 8.76. The van der Waals surface area contributed by atoms with Crippen LogP contribution in [-0.4, -0.2) is 11.7 Å². The van der Waals surface area contributed by atoms with E-state index in [1.165, 1.54) is 12.0 Å². The van der Waals surface area contributed by atoms with Crippen LogP contribution in [0.1, 0.15) is 36.9 Å². The third-order valence-electron chi connectivity index (χ3n) is 2.39. The number of rotatable bonds is 5. The van der Waals surface area contributed by atoms with Gasteiger partial charge in [0, 0.05) is 12.6 Å². The molecular formula is C12H19NO. The maximum absolute atomic E-state index is 8.76. The molecule has 1 aromatic carbocycles. The van der Waals surface area contributed by atoms with Crippen LogP contribution in [0.2, 0.25) is 0 Å². The van der Waals surface area contributed by atoms with Crippen molar-refractivity contribution in [3.8, 4) is 0 Å². The Morgan fingerprint density at radius 3 is 2.43 bits per heavy atom. The molecule has 0 aromatic heterocycles. The van der Waals surface area contributed by atoms with E-state index >= 15 is 0 Å². The van der Waals surface area contributed by atoms with E-state index in [-0.39, 0.29) is 12.6 Å². The monoisotopic (exact) mass is 193 g/mol. The van der Waals surface area contributed by atoms with E-state index in [9.17, 15) is 0 Å². The van der Waals surface area contributed by atoms with Gasteiger partial charge in [0.15, 0.2) is 0 Å². The Bertz CT molecular complexity index is 256. The van der Waals surface area contributed by atoms with Crippen molar-refractivity contribution in [1.82, 2.24) is 0 Å². The fraction of sp³-hybridized carbons (Fsp3) is 0.500. The predicted molar refractivity (Wildman–Crippen MR) is 59.1 cm³/mol. The SMILES string of the molecule is CCCc1ccc(C(N)CCO)cc1. The van der Waals surface area contributed by atoms with E-state index in [1.807, 2.05) is 0 Å². The van der Waals surface area contributed by atoms with Gasteiger partial charge in [-0.25, -0.2) is 0 Å². The van der Waals surface area contributed by atoms with Crippen LogP contribution >= 0.6 is 0 Å². The normalized spacial score (nSPS) is 12.8. The first kappa shape index (κ1) is 11.2. The van der Waals surface area contributed by atoms with Crippen LogP contribution in [-0.2, 0) is 6.42 Å². The number of hydrogen-bond donors (Lipinski definition) is 2. The molecule has 0 aliphatic heterocycles. The second-order valence-corrected chi connectivity index (χ2v) is 3.61. The largest absolute Gasteiger partial charge is 0.396 e. The first-order valence-corrected chi connectivity index (χ1v) is 5.23. The summed E-state index contributed by atoms with van der Waals surface area (Å²) in [6.45, 7) is 2.32. The molecule has 0 heterocycles. The molecule has 1 rings (SSSR count). The summed E-state index contributed by atoms with van der Waals surface area (Å²) in [6.07, 6.45) is 2.92. The van der Waals surface area contributed by atoms with Gasteiger partial charge in [0.1, 0.15) is 0 Å². The van der Waals surface area contributed by atoms with Crippen molar-refractivity contribution in [2.24, 2.45) is 5.73 Å². The zero-order valence-corrected chi connectivity index (χ0v) is 8.74. The Kier molecular flexibility index (Phi) is 4.63. The molecule has 0 spiro atoms. The van der Waals surface area contributed by atoms with Gasteiger partial charge in [0.05, 0.1) is 0 Å². The molecule has 3 N–H and O–H groups in total. The molecule has 0 amide bonds. The Labute approximate surface area is 85.8 Å². The lowest BCUT2D eigenvalue weighted by atomic mass is 10.0. The van der Waals surface area contributed by atoms with Crippen LogP contribution < -0.4 is 5.73 Å². The lowest BCUT2D eigenvalue weighted by Crippen LogP contribution is -2.11. The molecule has 1 unspecified atom stereocenters. The van der Waals surface area contributed by atoms with Gasteiger partial charge in [-0.15, -0.1) is 0 Å². The molecule has 78 valence electrons. The van der Waals surface area contributed by atoms with Crippen LogP contribution in [0, 0.1) is 0 Å². The average molecular weight is 193 g/mol. The van der Waals surface area contributed by atoms with Crippen LogP contribution in [0.5, 0.6) is 0 Å². The lowest BCUT2D eigenvalue weighted by Gasteiger charge is -2.10. The van der Waals surface area contributed by atoms with Crippen molar-refractivity contribution in [3.05, 3.63) is 35.4 Å². The standard InChI is InChI=1S/C12H19NO/c1-2-3-10-4-6-11(7-5-10)12(13)8-9-14/h4-7,12,14H,2-3,8-9,13H2,1H3. The van der Waals surface area contributed by atoms with Gasteiger partial charge < -0.3 is 10.8 Å². The molecule has 0 aliphatic rings. The Balaban J connectivity index is 2.62. The first-order valence-electron chi connectivity index (χ1n) is 5.23. The molecule has 0 saturated heterocycles. The third-order valence-corrected chi connectivity index (χ3v) is 2.39. The third kappa shape index (κ3) is 3.13. The van der Waals surface area contributed by atoms with E-state index in [2.05, 4.69) is 31.2 Å². The molecule has 2 nitrogen and oxygen atoms in total. The summed E-state index contributed by atoms with van der Waals surface area (Å²) in [7, 11) is 0. The van der Waals surface area contributed by atoms with Crippen LogP contribution in [0.15, 0.2) is 24.3 Å². The summed E-state index contributed by atoms with van der Waals surface area (Å²) >= 11 is 0. The van der Waals surface area contributed by atoms with Gasteiger partial charge >= 0.3 is 0 Å². The Morgan fingerprint density at radius 2 is 1.93 bits per heavy atom. The molecule has 14 heavy (non-hydrogen) atoms. The number of hydrogen-bond acceptors (Lipinski definition) is 2. The summed E-state index contributed by atoms with van der Waals surface area (Å²) in [6, 6.07) is 8.33. The van der Waals surface area contributed by atoms with Gasteiger partial charge in [-0.2, -0.15) is 0 Å². The van der Waals surface area contributed by atoms with Crippen molar-refractivity contribution in [2.45, 2.75) is 32.2 Å². The highest BCUT2D eigenvalue weighted by molar-refractivity contribution is 5.24. The van der Waals surface area contributed by atoms with E-state index in [0.29, 0.717) is 6.42 Å². The van der Waals surface area contributed by atoms with E-state index in [4.69, 9.17) is 10.8 Å². The second kappa shape index (κ2) is 5.78. The van der Waals surface area contributed by atoms with Crippen molar-refractivity contribution >= 4 is 0 Å². The quantitative estimate of drug-likeness (QED) is 0.751. The fourth-order valence-corrected chi connectivity index (χ4v) is 1.53. The highest BCUT2D eigenvalue weighted by atomic mass is 16.3. The number of aryl methyl sites for hydroxylation is 1. The second-order valence-electron chi connectivity index (χ2n) is 3.61. The number of benzene rings is 1. The van der Waals surface area contributed by atoms with E-state index < -0.39 is 0 Å². The van der Waals surface area contributed by atoms with Gasteiger partial charge in [-0.3, -0.25) is 0 Å². The Hall–Kier alpha value is -0.860. The predicted octanol–water partition coefficient (Wildman–Crippen LogP) is 2.02. The molecule has 0 aliphatic carbocycles. The van der Waals surface area contributed by atoms with Gasteiger partial charge in [0.25, 0.3) is 0 Å². The fourth-order valence-electron chi connectivity index (χ4n) is 1.53. The lowest BCUT2D eigenvalue weighted by molar-refractivity contribution is 0.276. The van der Waals surface area contributed by atoms with Crippen molar-refractivity contribution in [2.75, 3.05) is 6.61 Å². The number of aliphatic hydroxyl groups is 1. The molecule has 0 radical (unpaired) electrons. The smallest absolute Gasteiger partial charge is 0.0449 e. The van der Waals surface area contributed by atoms with Gasteiger partial charge in [0.2, 0.25) is 0 Å². The summed E-state index contributed by atoms with van der Waals surface area (Å²) in [4.78, 5) is 0. The highest BCUT2D eigenvalue weighted by Gasteiger charge is 2.04. The number of nitrogens with two attached hydrogens (primary N) is 1. The van der Waals surface area contributed by atoms with Gasteiger partial charge in [-0.05, 0) is 24.0 Å². The summed E-state index contributed by atoms with van der Waals surface area (Å²) in [5, 5.41) is 8.76. The minimum Gasteiger partial charge on any atom is -0.396 e. The topological polar surface area (TPSA) is 46.2 Å². The van der Waals surface area contributed by atoms with Crippen molar-refractivity contribution in [3.63, 3.8) is 0 Å². The average Bonchev–Trinajstić information content (AvgIpc) is 2.20. The zero-order chi connectivity index (χ0) is 10.4. The van der Waals surface area contributed by atoms with Crippen LogP contribution in [0.25, 0.3) is 0 Å². The summed E-state index contributed by atoms with van der Waals surface area (Å²) in [5.41, 5.74) is 8.33. The van der Waals surface area contributed by atoms with E-state index in [1.54, 1.807) is 0 Å². The summed E-state index contributed by atoms with van der Waals surface area (Å²) in [5.74, 6) is 0. The van der Waals surface area contributed by atoms with Crippen LogP contribution in [0.3, 0.4) is 0 Å². The van der Waals surface area contributed by atoms with E-state index in [0.717, 1.165) is 12.0 Å². The zero-order valence-electron chi connectivity index (χ0n) is 8.74. The molecule has 1 aromatic rings. The summed E-state index contributed by atoms with van der Waals surface area (Å²) < 4.78 is 0. The van der Waals surface area contributed by atoms with Crippen LogP contribution in [0.4, 0.5) is 0 Å². The molecule has 2 heteroatoms. The number of aliphatic hydroxyl groups excluding tert-OH is 1.